The van der Waals surface area contributed by atoms with Gasteiger partial charge in [0.15, 0.2) is 0 Å². The van der Waals surface area contributed by atoms with Gasteiger partial charge in [0.05, 0.1) is 18.3 Å². The SMILES string of the molecule is COc1ccc(-c2nc(C(=O)NCCN)cc3c4ccccc4n(C)c23)cc1. The van der Waals surface area contributed by atoms with E-state index in [1.807, 2.05) is 49.5 Å². The van der Waals surface area contributed by atoms with Gasteiger partial charge >= 0.3 is 0 Å². The van der Waals surface area contributed by atoms with Gasteiger partial charge in [-0.25, -0.2) is 4.98 Å². The maximum absolute atomic E-state index is 12.6. The molecule has 28 heavy (non-hydrogen) atoms. The Bertz CT molecular complexity index is 1160. The summed E-state index contributed by atoms with van der Waals surface area (Å²) in [5.41, 5.74) is 9.66. The molecule has 0 radical (unpaired) electrons. The molecule has 0 aliphatic rings. The number of nitrogens with zero attached hydrogens (tertiary/aromatic N) is 2. The van der Waals surface area contributed by atoms with Crippen LogP contribution in [0.4, 0.5) is 0 Å². The molecule has 2 heterocycles. The van der Waals surface area contributed by atoms with Crippen molar-refractivity contribution in [1.82, 2.24) is 14.9 Å². The number of para-hydroxylation sites is 1. The summed E-state index contributed by atoms with van der Waals surface area (Å²) in [5.74, 6) is 0.545. The first-order valence-corrected chi connectivity index (χ1v) is 9.15. The molecule has 142 valence electrons. The number of rotatable bonds is 5. The zero-order valence-corrected chi connectivity index (χ0v) is 15.9. The summed E-state index contributed by atoms with van der Waals surface area (Å²) in [4.78, 5) is 17.3. The largest absolute Gasteiger partial charge is 0.497 e. The van der Waals surface area contributed by atoms with E-state index in [0.29, 0.717) is 18.8 Å². The molecule has 0 aliphatic heterocycles. The first-order chi connectivity index (χ1) is 13.6. The number of nitrogens with one attached hydrogen (secondary N) is 1. The van der Waals surface area contributed by atoms with Crippen LogP contribution in [0.15, 0.2) is 54.6 Å². The van der Waals surface area contributed by atoms with E-state index >= 15 is 0 Å². The second-order valence-corrected chi connectivity index (χ2v) is 6.60. The average molecular weight is 374 g/mol. The number of methoxy groups -OCH3 is 1. The molecule has 0 spiro atoms. The van der Waals surface area contributed by atoms with Crippen molar-refractivity contribution in [2.45, 2.75) is 0 Å². The Hall–Kier alpha value is -3.38. The van der Waals surface area contributed by atoms with E-state index < -0.39 is 0 Å². The average Bonchev–Trinajstić information content (AvgIpc) is 3.04. The summed E-state index contributed by atoms with van der Waals surface area (Å²) in [6, 6.07) is 17.7. The number of carbonyl (C=O) groups excluding carboxylic acids is 1. The third kappa shape index (κ3) is 2.97. The highest BCUT2D eigenvalue weighted by Crippen LogP contribution is 2.35. The predicted octanol–water partition coefficient (Wildman–Crippen LogP) is 3.09. The van der Waals surface area contributed by atoms with Crippen LogP contribution < -0.4 is 15.8 Å². The number of pyridine rings is 1. The van der Waals surface area contributed by atoms with Gasteiger partial charge in [0.1, 0.15) is 11.4 Å². The number of aryl methyl sites for hydroxylation is 1. The van der Waals surface area contributed by atoms with E-state index in [-0.39, 0.29) is 5.91 Å². The maximum atomic E-state index is 12.6. The first-order valence-electron chi connectivity index (χ1n) is 9.15. The van der Waals surface area contributed by atoms with Gasteiger partial charge in [-0.2, -0.15) is 0 Å². The van der Waals surface area contributed by atoms with Crippen molar-refractivity contribution < 1.29 is 9.53 Å². The van der Waals surface area contributed by atoms with Gasteiger partial charge in [-0.05, 0) is 36.4 Å². The minimum Gasteiger partial charge on any atom is -0.497 e. The van der Waals surface area contributed by atoms with Crippen LogP contribution in [0.5, 0.6) is 5.75 Å². The molecule has 6 nitrogen and oxygen atoms in total. The lowest BCUT2D eigenvalue weighted by molar-refractivity contribution is 0.0950. The van der Waals surface area contributed by atoms with Gasteiger partial charge in [0.2, 0.25) is 0 Å². The standard InChI is InChI=1S/C22H22N4O2/c1-26-19-6-4-3-5-16(19)17-13-18(22(27)24-12-11-23)25-20(21(17)26)14-7-9-15(28-2)10-8-14/h3-10,13H,11-12,23H2,1-2H3,(H,24,27). The Kier molecular flexibility index (Phi) is 4.71. The number of hydrogen-bond acceptors (Lipinski definition) is 4. The van der Waals surface area contributed by atoms with Gasteiger partial charge in [0, 0.05) is 42.0 Å². The molecule has 6 heteroatoms. The fourth-order valence-corrected chi connectivity index (χ4v) is 3.54. The Balaban J connectivity index is 2.00. The van der Waals surface area contributed by atoms with Crippen LogP contribution in [0.2, 0.25) is 0 Å². The van der Waals surface area contributed by atoms with E-state index in [1.165, 1.54) is 0 Å². The summed E-state index contributed by atoms with van der Waals surface area (Å²) in [5, 5.41) is 4.90. The number of ether oxygens (including phenoxy) is 1. The van der Waals surface area contributed by atoms with Gasteiger partial charge in [-0.3, -0.25) is 4.79 Å². The van der Waals surface area contributed by atoms with Gasteiger partial charge in [0.25, 0.3) is 5.91 Å². The highest BCUT2D eigenvalue weighted by atomic mass is 16.5. The van der Waals surface area contributed by atoms with Crippen LogP contribution in [0.1, 0.15) is 10.5 Å². The van der Waals surface area contributed by atoms with E-state index in [0.717, 1.165) is 38.8 Å². The molecule has 4 rings (SSSR count). The number of carbonyl (C=O) groups is 1. The van der Waals surface area contributed by atoms with Crippen LogP contribution in [0.25, 0.3) is 33.1 Å². The maximum Gasteiger partial charge on any atom is 0.269 e. The first kappa shape index (κ1) is 18.0. The lowest BCUT2D eigenvalue weighted by atomic mass is 10.1. The van der Waals surface area contributed by atoms with Gasteiger partial charge in [-0.15, -0.1) is 0 Å². The third-order valence-corrected chi connectivity index (χ3v) is 4.91. The van der Waals surface area contributed by atoms with Crippen LogP contribution >= 0.6 is 0 Å². The van der Waals surface area contributed by atoms with Crippen molar-refractivity contribution in [3.8, 4) is 17.0 Å². The highest BCUT2D eigenvalue weighted by molar-refractivity contribution is 6.13. The molecule has 0 saturated carbocycles. The van der Waals surface area contributed by atoms with E-state index in [1.54, 1.807) is 7.11 Å². The molecule has 0 unspecified atom stereocenters. The quantitative estimate of drug-likeness (QED) is 0.562. The summed E-state index contributed by atoms with van der Waals surface area (Å²) >= 11 is 0. The Labute approximate surface area is 162 Å². The fraction of sp³-hybridized carbons (Fsp3) is 0.182. The zero-order valence-electron chi connectivity index (χ0n) is 15.9. The van der Waals surface area contributed by atoms with Crippen molar-refractivity contribution in [2.24, 2.45) is 12.8 Å². The van der Waals surface area contributed by atoms with Crippen molar-refractivity contribution in [2.75, 3.05) is 20.2 Å². The van der Waals surface area contributed by atoms with Gasteiger partial charge < -0.3 is 20.4 Å². The van der Waals surface area contributed by atoms with Crippen LogP contribution in [0, 0.1) is 0 Å². The highest BCUT2D eigenvalue weighted by Gasteiger charge is 2.18. The summed E-state index contributed by atoms with van der Waals surface area (Å²) < 4.78 is 7.39. The molecule has 0 saturated heterocycles. The van der Waals surface area contributed by atoms with E-state index in [9.17, 15) is 4.79 Å². The number of nitrogens with two attached hydrogens (primary N) is 1. The molecule has 0 bridgehead atoms. The molecule has 0 atom stereocenters. The zero-order chi connectivity index (χ0) is 19.7. The Morgan fingerprint density at radius 3 is 2.61 bits per heavy atom. The van der Waals surface area contributed by atoms with Crippen LogP contribution in [-0.2, 0) is 7.05 Å². The lowest BCUT2D eigenvalue weighted by Gasteiger charge is -2.10. The topological polar surface area (TPSA) is 82.2 Å². The van der Waals surface area contributed by atoms with Crippen LogP contribution in [0.3, 0.4) is 0 Å². The molecule has 2 aromatic heterocycles. The van der Waals surface area contributed by atoms with E-state index in [4.69, 9.17) is 15.5 Å². The van der Waals surface area contributed by atoms with E-state index in [2.05, 4.69) is 22.0 Å². The van der Waals surface area contributed by atoms with Crippen molar-refractivity contribution in [3.63, 3.8) is 0 Å². The third-order valence-electron chi connectivity index (χ3n) is 4.91. The summed E-state index contributed by atoms with van der Waals surface area (Å²) in [7, 11) is 3.66. The molecular formula is C22H22N4O2. The second-order valence-electron chi connectivity index (χ2n) is 6.60. The second kappa shape index (κ2) is 7.32. The Morgan fingerprint density at radius 2 is 1.89 bits per heavy atom. The normalized spacial score (nSPS) is 11.1. The van der Waals surface area contributed by atoms with Gasteiger partial charge in [-0.1, -0.05) is 18.2 Å². The number of hydrogen-bond donors (Lipinski definition) is 2. The monoisotopic (exact) mass is 374 g/mol. The molecule has 2 aromatic carbocycles. The molecule has 0 fully saturated rings. The minimum absolute atomic E-state index is 0.227. The number of amides is 1. The predicted molar refractivity (Wildman–Crippen MR) is 112 cm³/mol. The van der Waals surface area contributed by atoms with Crippen molar-refractivity contribution in [1.29, 1.82) is 0 Å². The molecule has 1 amide bonds. The number of benzene rings is 2. The molecule has 0 aliphatic carbocycles. The molecule has 3 N–H and O–H groups in total. The fourth-order valence-electron chi connectivity index (χ4n) is 3.54. The minimum atomic E-state index is -0.227. The summed E-state index contributed by atoms with van der Waals surface area (Å²) in [6.45, 7) is 0.791. The van der Waals surface area contributed by atoms with Crippen molar-refractivity contribution in [3.05, 3.63) is 60.3 Å². The lowest BCUT2D eigenvalue weighted by Crippen LogP contribution is -2.29. The number of aromatic nitrogens is 2. The van der Waals surface area contributed by atoms with Crippen molar-refractivity contribution >= 4 is 27.7 Å². The summed E-state index contributed by atoms with van der Waals surface area (Å²) in [6.07, 6.45) is 0. The molecular weight excluding hydrogens is 352 g/mol. The number of fused-ring (bicyclic) bond motifs is 3. The van der Waals surface area contributed by atoms with Crippen LogP contribution in [-0.4, -0.2) is 35.7 Å². The Morgan fingerprint density at radius 1 is 1.14 bits per heavy atom. The molecule has 4 aromatic rings. The smallest absolute Gasteiger partial charge is 0.269 e.